The maximum Gasteiger partial charge on any atom is 0.161 e. The van der Waals surface area contributed by atoms with E-state index in [-0.39, 0.29) is 12.6 Å². The van der Waals surface area contributed by atoms with E-state index in [9.17, 15) is 0 Å². The zero-order chi connectivity index (χ0) is 12.5. The van der Waals surface area contributed by atoms with Crippen molar-refractivity contribution in [1.29, 1.82) is 0 Å². The van der Waals surface area contributed by atoms with Gasteiger partial charge in [0.2, 0.25) is 0 Å². The molecule has 1 aromatic rings. The van der Waals surface area contributed by atoms with Gasteiger partial charge in [0.05, 0.1) is 7.11 Å². The molecular weight excluding hydrogens is 218 g/mol. The summed E-state index contributed by atoms with van der Waals surface area (Å²) in [5.74, 6) is 1.46. The van der Waals surface area contributed by atoms with Crippen molar-refractivity contribution in [2.45, 2.75) is 19.4 Å². The lowest BCUT2D eigenvalue weighted by Crippen LogP contribution is -2.35. The normalized spacial score (nSPS) is 12.2. The van der Waals surface area contributed by atoms with Crippen molar-refractivity contribution in [2.24, 2.45) is 0 Å². The third kappa shape index (κ3) is 4.63. The lowest BCUT2D eigenvalue weighted by Gasteiger charge is -2.18. The molecule has 0 aliphatic carbocycles. The number of nitrogens with one attached hydrogen (secondary N) is 1. The first-order chi connectivity index (χ1) is 8.31. The van der Waals surface area contributed by atoms with Gasteiger partial charge in [-0.3, -0.25) is 0 Å². The lowest BCUT2D eigenvalue weighted by molar-refractivity contribution is 0.210. The van der Waals surface area contributed by atoms with Crippen LogP contribution in [0.2, 0.25) is 0 Å². The highest BCUT2D eigenvalue weighted by Gasteiger charge is 2.09. The fourth-order valence-corrected chi connectivity index (χ4v) is 1.62. The van der Waals surface area contributed by atoms with Crippen LogP contribution in [-0.4, -0.2) is 38.0 Å². The predicted molar refractivity (Wildman–Crippen MR) is 67.7 cm³/mol. The van der Waals surface area contributed by atoms with E-state index in [0.717, 1.165) is 18.0 Å². The molecule has 1 unspecified atom stereocenters. The highest BCUT2D eigenvalue weighted by atomic mass is 16.5. The number of hydrogen-bond acceptors (Lipinski definition) is 4. The highest BCUT2D eigenvalue weighted by Crippen LogP contribution is 2.25. The number of aliphatic hydroxyl groups is 1. The minimum Gasteiger partial charge on any atom is -0.493 e. The molecule has 0 saturated carbocycles. The quantitative estimate of drug-likeness (QED) is 0.720. The van der Waals surface area contributed by atoms with Gasteiger partial charge < -0.3 is 19.9 Å². The van der Waals surface area contributed by atoms with Gasteiger partial charge in [-0.05, 0) is 25.1 Å². The number of aliphatic hydroxyl groups excluding tert-OH is 1. The smallest absolute Gasteiger partial charge is 0.161 e. The molecule has 1 atom stereocenters. The van der Waals surface area contributed by atoms with Gasteiger partial charge in [-0.15, -0.1) is 0 Å². The number of rotatable bonds is 8. The Labute approximate surface area is 103 Å². The van der Waals surface area contributed by atoms with Crippen LogP contribution in [0.1, 0.15) is 13.3 Å². The first kappa shape index (κ1) is 13.8. The standard InChI is InChI=1S/C13H21NO3/c1-3-14-11(8-9-15)10-17-13-7-5-4-6-12(13)16-2/h4-7,11,14-15H,3,8-10H2,1-2H3. The van der Waals surface area contributed by atoms with Crippen LogP contribution in [0.15, 0.2) is 24.3 Å². The largest absolute Gasteiger partial charge is 0.493 e. The van der Waals surface area contributed by atoms with Crippen LogP contribution in [0, 0.1) is 0 Å². The summed E-state index contributed by atoms with van der Waals surface area (Å²) >= 11 is 0. The van der Waals surface area contributed by atoms with Crippen molar-refractivity contribution < 1.29 is 14.6 Å². The Morgan fingerprint density at radius 2 is 2.00 bits per heavy atom. The zero-order valence-corrected chi connectivity index (χ0v) is 10.5. The number of hydrogen-bond donors (Lipinski definition) is 2. The van der Waals surface area contributed by atoms with Crippen molar-refractivity contribution in [3.8, 4) is 11.5 Å². The summed E-state index contributed by atoms with van der Waals surface area (Å²) in [6.07, 6.45) is 0.684. The average molecular weight is 239 g/mol. The van der Waals surface area contributed by atoms with Crippen molar-refractivity contribution in [1.82, 2.24) is 5.32 Å². The molecule has 1 aromatic carbocycles. The Bertz CT molecular complexity index is 311. The first-order valence-electron chi connectivity index (χ1n) is 5.91. The molecule has 4 heteroatoms. The predicted octanol–water partition coefficient (Wildman–Crippen LogP) is 1.43. The second-order valence-electron chi connectivity index (χ2n) is 3.73. The molecule has 0 amide bonds. The Morgan fingerprint density at radius 3 is 2.59 bits per heavy atom. The van der Waals surface area contributed by atoms with Crippen LogP contribution >= 0.6 is 0 Å². The summed E-state index contributed by atoms with van der Waals surface area (Å²) < 4.78 is 10.9. The maximum atomic E-state index is 8.94. The topological polar surface area (TPSA) is 50.7 Å². The van der Waals surface area contributed by atoms with Gasteiger partial charge in [-0.2, -0.15) is 0 Å². The molecule has 0 bridgehead atoms. The van der Waals surface area contributed by atoms with Crippen LogP contribution in [0.5, 0.6) is 11.5 Å². The third-order valence-electron chi connectivity index (χ3n) is 2.48. The molecule has 0 aromatic heterocycles. The second kappa shape index (κ2) is 7.92. The fourth-order valence-electron chi connectivity index (χ4n) is 1.62. The molecule has 1 rings (SSSR count). The maximum absolute atomic E-state index is 8.94. The minimum atomic E-state index is 0.160. The lowest BCUT2D eigenvalue weighted by atomic mass is 10.2. The van der Waals surface area contributed by atoms with Gasteiger partial charge in [-0.25, -0.2) is 0 Å². The van der Waals surface area contributed by atoms with Crippen LogP contribution < -0.4 is 14.8 Å². The minimum absolute atomic E-state index is 0.160. The van der Waals surface area contributed by atoms with E-state index in [0.29, 0.717) is 13.0 Å². The van der Waals surface area contributed by atoms with E-state index in [1.807, 2.05) is 31.2 Å². The summed E-state index contributed by atoms with van der Waals surface area (Å²) in [5, 5.41) is 12.2. The van der Waals surface area contributed by atoms with Gasteiger partial charge in [0.1, 0.15) is 6.61 Å². The molecule has 0 heterocycles. The molecule has 4 nitrogen and oxygen atoms in total. The van der Waals surface area contributed by atoms with E-state index in [2.05, 4.69) is 5.32 Å². The molecule has 96 valence electrons. The van der Waals surface area contributed by atoms with E-state index in [4.69, 9.17) is 14.6 Å². The Balaban J connectivity index is 2.52. The van der Waals surface area contributed by atoms with Crippen LogP contribution in [0.4, 0.5) is 0 Å². The second-order valence-corrected chi connectivity index (χ2v) is 3.73. The Hall–Kier alpha value is -1.26. The van der Waals surface area contributed by atoms with E-state index < -0.39 is 0 Å². The number of para-hydroxylation sites is 2. The van der Waals surface area contributed by atoms with Crippen molar-refractivity contribution in [3.63, 3.8) is 0 Å². The highest BCUT2D eigenvalue weighted by molar-refractivity contribution is 5.39. The van der Waals surface area contributed by atoms with Crippen molar-refractivity contribution >= 4 is 0 Å². The third-order valence-corrected chi connectivity index (χ3v) is 2.48. The summed E-state index contributed by atoms with van der Waals surface area (Å²) in [5.41, 5.74) is 0. The number of benzene rings is 1. The monoisotopic (exact) mass is 239 g/mol. The molecule has 0 aliphatic heterocycles. The van der Waals surface area contributed by atoms with Crippen LogP contribution in [-0.2, 0) is 0 Å². The SMILES string of the molecule is CCNC(CCO)COc1ccccc1OC. The fraction of sp³-hybridized carbons (Fsp3) is 0.538. The summed E-state index contributed by atoms with van der Waals surface area (Å²) in [7, 11) is 1.62. The molecule has 0 radical (unpaired) electrons. The van der Waals surface area contributed by atoms with Gasteiger partial charge in [0.15, 0.2) is 11.5 Å². The van der Waals surface area contributed by atoms with Crippen LogP contribution in [0.25, 0.3) is 0 Å². The van der Waals surface area contributed by atoms with E-state index in [1.165, 1.54) is 0 Å². The zero-order valence-electron chi connectivity index (χ0n) is 10.5. The van der Waals surface area contributed by atoms with Crippen molar-refractivity contribution in [2.75, 3.05) is 26.9 Å². The Kier molecular flexibility index (Phi) is 6.43. The molecule has 17 heavy (non-hydrogen) atoms. The van der Waals surface area contributed by atoms with Gasteiger partial charge in [0, 0.05) is 12.6 Å². The summed E-state index contributed by atoms with van der Waals surface area (Å²) in [6, 6.07) is 7.72. The number of likely N-dealkylation sites (N-methyl/N-ethyl adjacent to an activating group) is 1. The van der Waals surface area contributed by atoms with E-state index >= 15 is 0 Å². The number of methoxy groups -OCH3 is 1. The molecule has 0 aliphatic rings. The van der Waals surface area contributed by atoms with Crippen LogP contribution in [0.3, 0.4) is 0 Å². The summed E-state index contributed by atoms with van der Waals surface area (Å²) in [6.45, 7) is 3.58. The first-order valence-corrected chi connectivity index (χ1v) is 5.91. The molecule has 0 spiro atoms. The molecule has 2 N–H and O–H groups in total. The Morgan fingerprint density at radius 1 is 1.29 bits per heavy atom. The van der Waals surface area contributed by atoms with Gasteiger partial charge in [0.25, 0.3) is 0 Å². The molecule has 0 saturated heterocycles. The summed E-state index contributed by atoms with van der Waals surface area (Å²) in [4.78, 5) is 0. The molecular formula is C13H21NO3. The molecule has 0 fully saturated rings. The number of ether oxygens (including phenoxy) is 2. The van der Waals surface area contributed by atoms with Gasteiger partial charge >= 0.3 is 0 Å². The average Bonchev–Trinajstić information content (AvgIpc) is 2.37. The van der Waals surface area contributed by atoms with Gasteiger partial charge in [-0.1, -0.05) is 19.1 Å². The van der Waals surface area contributed by atoms with Crippen molar-refractivity contribution in [3.05, 3.63) is 24.3 Å². The van der Waals surface area contributed by atoms with E-state index in [1.54, 1.807) is 7.11 Å².